The van der Waals surface area contributed by atoms with E-state index in [4.69, 9.17) is 0 Å². The summed E-state index contributed by atoms with van der Waals surface area (Å²) in [5, 5.41) is 19.4. The second-order valence-corrected chi connectivity index (χ2v) is 34.3. The normalized spacial score (nSPS) is 12.3. The molecule has 0 bridgehead atoms. The molecule has 0 saturated heterocycles. The molecule has 0 spiro atoms. The first-order valence-electron chi connectivity index (χ1n) is 41.6. The monoisotopic (exact) mass is 1520 g/mol. The molecule has 18 aromatic carbocycles. The van der Waals surface area contributed by atoms with Crippen molar-refractivity contribution < 1.29 is 0 Å². The highest BCUT2D eigenvalue weighted by Crippen LogP contribution is 2.57. The van der Waals surface area contributed by atoms with Crippen molar-refractivity contribution in [3.8, 4) is 0 Å². The number of anilines is 12. The van der Waals surface area contributed by atoms with Crippen molar-refractivity contribution in [2.75, 3.05) is 19.6 Å². The molecule has 0 aliphatic heterocycles. The lowest BCUT2D eigenvalue weighted by molar-refractivity contribution is 0.480. The molecule has 6 heteroatoms. The van der Waals surface area contributed by atoms with Crippen LogP contribution >= 0.6 is 0 Å². The average molecular weight is 1520 g/mol. The zero-order valence-electron chi connectivity index (χ0n) is 67.7. The smallest absolute Gasteiger partial charge is 0.0640 e. The third-order valence-electron chi connectivity index (χ3n) is 25.5. The van der Waals surface area contributed by atoms with Gasteiger partial charge in [0.1, 0.15) is 0 Å². The summed E-state index contributed by atoms with van der Waals surface area (Å²) in [5.74, 6) is 0. The van der Waals surface area contributed by atoms with Crippen LogP contribution in [0.4, 0.5) is 68.2 Å². The average Bonchev–Trinajstić information content (AvgIpc) is 1.52. The van der Waals surface area contributed by atoms with E-state index in [-0.39, 0.29) is 10.8 Å². The Bertz CT molecular complexity index is 7620. The Labute approximate surface area is 687 Å². The Morgan fingerprint density at radius 1 is 0.237 bits per heavy atom. The van der Waals surface area contributed by atoms with Gasteiger partial charge in [-0.2, -0.15) is 0 Å². The van der Waals surface area contributed by atoms with Crippen LogP contribution < -0.4 is 19.6 Å². The molecule has 0 aliphatic rings. The van der Waals surface area contributed by atoms with Gasteiger partial charge in [-0.1, -0.05) is 294 Å². The highest BCUT2D eigenvalue weighted by molar-refractivity contribution is 6.36. The van der Waals surface area contributed by atoms with Gasteiger partial charge in [0.05, 0.1) is 55.8 Å². The molecule has 0 fully saturated rings. The van der Waals surface area contributed by atoms with E-state index in [1.807, 2.05) is 0 Å². The molecule has 566 valence electrons. The van der Waals surface area contributed by atoms with Gasteiger partial charge in [-0.3, -0.25) is 0 Å². The van der Waals surface area contributed by atoms with Gasteiger partial charge in [0.25, 0.3) is 0 Å². The predicted molar refractivity (Wildman–Crippen MR) is 505 cm³/mol. The minimum absolute atomic E-state index is 0.0108. The molecule has 0 radical (unpaired) electrons. The lowest BCUT2D eigenvalue weighted by atomic mass is 9.79. The van der Waals surface area contributed by atoms with Gasteiger partial charge in [-0.25, -0.2) is 0 Å². The summed E-state index contributed by atoms with van der Waals surface area (Å²) < 4.78 is 5.19. The topological polar surface area (TPSA) is 21.8 Å². The van der Waals surface area contributed by atoms with Gasteiger partial charge in [0.15, 0.2) is 0 Å². The lowest BCUT2D eigenvalue weighted by Crippen LogP contribution is -2.18. The molecule has 0 aliphatic carbocycles. The maximum atomic E-state index is 2.59. The van der Waals surface area contributed by atoms with Crippen molar-refractivity contribution in [2.24, 2.45) is 0 Å². The zero-order chi connectivity index (χ0) is 79.4. The Hall–Kier alpha value is -14.2. The van der Waals surface area contributed by atoms with Crippen LogP contribution in [0.1, 0.15) is 74.4 Å². The third kappa shape index (κ3) is 11.2. The first-order valence-corrected chi connectivity index (χ1v) is 41.6. The summed E-state index contributed by atoms with van der Waals surface area (Å²) >= 11 is 0. The summed E-state index contributed by atoms with van der Waals surface area (Å²) in [6.45, 7) is 18.2. The van der Waals surface area contributed by atoms with Gasteiger partial charge < -0.3 is 28.4 Å². The van der Waals surface area contributed by atoms with Crippen molar-refractivity contribution in [2.45, 2.75) is 79.1 Å². The van der Waals surface area contributed by atoms with E-state index in [1.54, 1.807) is 0 Å². The Kier molecular flexibility index (Phi) is 16.3. The van der Waals surface area contributed by atoms with E-state index in [0.717, 1.165) is 58.3 Å². The molecule has 4 heterocycles. The molecule has 0 saturated carbocycles. The Balaban J connectivity index is 0.637. The molecular weight excluding hydrogens is 1430 g/mol. The van der Waals surface area contributed by atoms with Crippen LogP contribution in [0, 0.1) is 20.8 Å². The van der Waals surface area contributed by atoms with Crippen LogP contribution in [-0.4, -0.2) is 8.80 Å². The predicted octanol–water partition coefficient (Wildman–Crippen LogP) is 31.6. The fourth-order valence-electron chi connectivity index (χ4n) is 19.5. The lowest BCUT2D eigenvalue weighted by Gasteiger charge is -2.30. The molecule has 22 aromatic rings. The van der Waals surface area contributed by atoms with E-state index >= 15 is 0 Å². The number of aryl methyl sites for hydroxylation is 4. The SMILES string of the molecule is Cc1ccc(N(c2ccc(C)cc2)c2c3ccccc3cc3c2c2cccc4c5c(N(c6ccc(C)cc6)c6ccc(CCC(C)(C)c7ccc(N(c8ccccc8)c8c9ccccc9cc9c8c8cccc%10c%11c(N(c%12ccccc%12)c%12ccc(C(C)(C)C)cc%12)c%12ccccc%12cc%11n9c%108)cc7)cc6)c6ccccc6cc5n3c24)cc1. The Morgan fingerprint density at radius 2 is 0.483 bits per heavy atom. The standard InChI is InChI=1S/C112H88N6/c1-71-41-53-83(54-42-71)115(84-55-43-72(2)44-56-84)109-91-35-21-17-27-77(91)69-99-103(109)95-39-24-40-96-104-100(118(99)106(95)96)70-78-28-18-22-36-92(78)110(104)116(85-57-45-73(3)46-58-85)86-59-47-74(48-60-86)65-66-112(7,8)80-51-63-88(64-52-80)114(82-31-13-10-14-32-82)108-90-34-20-16-26-76(90)68-98-102(108)94-38-23-37-93-101-97(117(98)105(93)94)67-75-25-15-19-33-89(75)107(101)113(81-29-11-9-12-30-81)87-61-49-79(50-62-87)111(4,5)6/h9-64,67-70H,65-66H2,1-8H3. The quantitative estimate of drug-likeness (QED) is 0.0961. The maximum Gasteiger partial charge on any atom is 0.0640 e. The van der Waals surface area contributed by atoms with E-state index < -0.39 is 0 Å². The fourth-order valence-corrected chi connectivity index (χ4v) is 19.5. The summed E-state index contributed by atoms with van der Waals surface area (Å²) in [6.07, 6.45) is 1.85. The summed E-state index contributed by atoms with van der Waals surface area (Å²) in [5.41, 5.74) is 28.2. The van der Waals surface area contributed by atoms with Gasteiger partial charge >= 0.3 is 0 Å². The highest BCUT2D eigenvalue weighted by Gasteiger charge is 2.33. The molecule has 0 unspecified atom stereocenters. The van der Waals surface area contributed by atoms with E-state index in [2.05, 4.69) is 448 Å². The fraction of sp³-hybridized carbons (Fsp3) is 0.107. The number of rotatable bonds is 16. The van der Waals surface area contributed by atoms with E-state index in [9.17, 15) is 0 Å². The third-order valence-corrected chi connectivity index (χ3v) is 25.5. The molecule has 6 nitrogen and oxygen atoms in total. The summed E-state index contributed by atoms with van der Waals surface area (Å²) in [4.78, 5) is 10.1. The molecule has 0 N–H and O–H groups in total. The van der Waals surface area contributed by atoms with Crippen molar-refractivity contribution in [3.63, 3.8) is 0 Å². The minimum atomic E-state index is -0.170. The van der Waals surface area contributed by atoms with Crippen molar-refractivity contribution >= 4 is 188 Å². The first kappa shape index (κ1) is 70.4. The molecular formula is C112H88N6. The van der Waals surface area contributed by atoms with Crippen molar-refractivity contribution in [1.82, 2.24) is 8.80 Å². The number of fused-ring (bicyclic) bond motifs is 16. The van der Waals surface area contributed by atoms with Crippen LogP contribution in [0.2, 0.25) is 0 Å². The van der Waals surface area contributed by atoms with Crippen LogP contribution in [0.25, 0.3) is 119 Å². The van der Waals surface area contributed by atoms with E-state index in [1.165, 1.54) is 175 Å². The second-order valence-electron chi connectivity index (χ2n) is 34.3. The second kappa shape index (κ2) is 27.2. The van der Waals surface area contributed by atoms with Crippen LogP contribution in [0.15, 0.2) is 364 Å². The van der Waals surface area contributed by atoms with Crippen LogP contribution in [-0.2, 0) is 17.3 Å². The molecule has 0 atom stereocenters. The summed E-state index contributed by atoms with van der Waals surface area (Å²) in [7, 11) is 0. The largest absolute Gasteiger partial charge is 0.309 e. The van der Waals surface area contributed by atoms with Crippen LogP contribution in [0.5, 0.6) is 0 Å². The Morgan fingerprint density at radius 3 is 0.780 bits per heavy atom. The number of nitrogens with zero attached hydrogens (tertiary/aromatic N) is 6. The van der Waals surface area contributed by atoms with Gasteiger partial charge in [0.2, 0.25) is 0 Å². The number of aromatic nitrogens is 2. The molecule has 118 heavy (non-hydrogen) atoms. The minimum Gasteiger partial charge on any atom is -0.309 e. The van der Waals surface area contributed by atoms with Gasteiger partial charge in [0, 0.05) is 110 Å². The maximum absolute atomic E-state index is 2.59. The molecule has 0 amide bonds. The first-order chi connectivity index (χ1) is 57.7. The number of hydrogen-bond acceptors (Lipinski definition) is 4. The summed E-state index contributed by atoms with van der Waals surface area (Å²) in [6, 6.07) is 137. The van der Waals surface area contributed by atoms with Crippen LogP contribution in [0.3, 0.4) is 0 Å². The molecule has 22 rings (SSSR count). The highest BCUT2D eigenvalue weighted by atomic mass is 15.2. The zero-order valence-corrected chi connectivity index (χ0v) is 67.7. The number of para-hydroxylation sites is 4. The van der Waals surface area contributed by atoms with E-state index in [0.29, 0.717) is 0 Å². The van der Waals surface area contributed by atoms with Crippen molar-refractivity contribution in [3.05, 3.63) is 397 Å². The number of hydrogen-bond donors (Lipinski definition) is 0. The van der Waals surface area contributed by atoms with Crippen molar-refractivity contribution in [1.29, 1.82) is 0 Å². The van der Waals surface area contributed by atoms with Gasteiger partial charge in [-0.15, -0.1) is 0 Å². The number of benzene rings is 18. The van der Waals surface area contributed by atoms with Gasteiger partial charge in [-0.05, 0) is 204 Å². The molecule has 4 aromatic heterocycles.